The van der Waals surface area contributed by atoms with Crippen LogP contribution in [0.25, 0.3) is 0 Å². The van der Waals surface area contributed by atoms with Crippen molar-refractivity contribution in [3.8, 4) is 5.75 Å². The lowest BCUT2D eigenvalue weighted by Gasteiger charge is -2.11. The van der Waals surface area contributed by atoms with E-state index in [-0.39, 0.29) is 11.5 Å². The van der Waals surface area contributed by atoms with Crippen LogP contribution in [0.5, 0.6) is 5.75 Å². The van der Waals surface area contributed by atoms with Gasteiger partial charge in [0.1, 0.15) is 5.75 Å². The molecule has 0 saturated heterocycles. The molecule has 0 spiro atoms. The second kappa shape index (κ2) is 4.45. The largest absolute Gasteiger partial charge is 0.507 e. The van der Waals surface area contributed by atoms with Gasteiger partial charge in [0.25, 0.3) is 0 Å². The smallest absolute Gasteiger partial charge is 0.180 e. The molecule has 0 radical (unpaired) electrons. The fourth-order valence-corrected chi connectivity index (χ4v) is 1.40. The van der Waals surface area contributed by atoms with Crippen LogP contribution in [0.1, 0.15) is 21.5 Å². The second-order valence-electron chi connectivity index (χ2n) is 4.11. The van der Waals surface area contributed by atoms with Gasteiger partial charge in [-0.15, -0.1) is 0 Å². The fraction of sp³-hybridized carbons (Fsp3) is 0.417. The minimum Gasteiger partial charge on any atom is -0.507 e. The minimum atomic E-state index is -0.0550. The first-order chi connectivity index (χ1) is 6.91. The zero-order valence-corrected chi connectivity index (χ0v) is 9.66. The molecule has 0 aliphatic carbocycles. The summed E-state index contributed by atoms with van der Waals surface area (Å²) in [7, 11) is 3.66. The molecular formula is C12H17NO2. The maximum Gasteiger partial charge on any atom is 0.180 e. The van der Waals surface area contributed by atoms with E-state index in [1.54, 1.807) is 17.0 Å². The first-order valence-electron chi connectivity index (χ1n) is 4.90. The van der Waals surface area contributed by atoms with Crippen LogP contribution in [0.15, 0.2) is 12.1 Å². The van der Waals surface area contributed by atoms with E-state index in [0.29, 0.717) is 12.1 Å². The van der Waals surface area contributed by atoms with Crippen LogP contribution in [-0.2, 0) is 0 Å². The quantitative estimate of drug-likeness (QED) is 0.768. The maximum absolute atomic E-state index is 11.7. The molecule has 1 N–H and O–H groups in total. The van der Waals surface area contributed by atoms with Crippen molar-refractivity contribution in [3.63, 3.8) is 0 Å². The van der Waals surface area contributed by atoms with E-state index in [1.165, 1.54) is 0 Å². The summed E-state index contributed by atoms with van der Waals surface area (Å²) in [5, 5.41) is 9.66. The van der Waals surface area contributed by atoms with Crippen LogP contribution < -0.4 is 0 Å². The Balaban J connectivity index is 3.04. The van der Waals surface area contributed by atoms with Gasteiger partial charge in [0.2, 0.25) is 0 Å². The van der Waals surface area contributed by atoms with Crippen molar-refractivity contribution in [1.29, 1.82) is 0 Å². The molecule has 1 aromatic rings. The number of aryl methyl sites for hydroxylation is 2. The Morgan fingerprint density at radius 2 is 1.80 bits per heavy atom. The molecule has 3 nitrogen and oxygen atoms in total. The van der Waals surface area contributed by atoms with Gasteiger partial charge in [0.15, 0.2) is 5.78 Å². The molecule has 82 valence electrons. The van der Waals surface area contributed by atoms with Gasteiger partial charge in [0, 0.05) is 0 Å². The van der Waals surface area contributed by atoms with E-state index >= 15 is 0 Å². The normalized spacial score (nSPS) is 10.7. The van der Waals surface area contributed by atoms with Gasteiger partial charge in [-0.1, -0.05) is 0 Å². The lowest BCUT2D eigenvalue weighted by atomic mass is 10.0. The highest BCUT2D eigenvalue weighted by Crippen LogP contribution is 2.22. The summed E-state index contributed by atoms with van der Waals surface area (Å²) < 4.78 is 0. The Morgan fingerprint density at radius 3 is 2.33 bits per heavy atom. The first kappa shape index (κ1) is 11.7. The third kappa shape index (κ3) is 2.80. The van der Waals surface area contributed by atoms with Crippen molar-refractivity contribution in [3.05, 3.63) is 28.8 Å². The highest BCUT2D eigenvalue weighted by molar-refractivity contribution is 6.00. The summed E-state index contributed by atoms with van der Waals surface area (Å²) in [6, 6.07) is 3.38. The molecule has 0 unspecified atom stereocenters. The standard InChI is InChI=1S/C12H17NO2/c1-8-5-10(11(14)6-9(8)2)12(15)7-13(3)4/h5-6,14H,7H2,1-4H3. The van der Waals surface area contributed by atoms with E-state index in [2.05, 4.69) is 0 Å². The molecule has 1 aromatic carbocycles. The van der Waals surface area contributed by atoms with E-state index < -0.39 is 0 Å². The van der Waals surface area contributed by atoms with E-state index in [4.69, 9.17) is 0 Å². The molecule has 0 atom stereocenters. The number of carbonyl (C=O) groups is 1. The van der Waals surface area contributed by atoms with E-state index in [9.17, 15) is 9.90 Å². The molecule has 0 aromatic heterocycles. The van der Waals surface area contributed by atoms with Gasteiger partial charge in [-0.2, -0.15) is 0 Å². The number of benzene rings is 1. The summed E-state index contributed by atoms with van der Waals surface area (Å²) in [6.45, 7) is 4.16. The average molecular weight is 207 g/mol. The molecule has 0 amide bonds. The molecule has 0 saturated carbocycles. The zero-order chi connectivity index (χ0) is 11.6. The number of hydrogen-bond donors (Lipinski definition) is 1. The molecule has 0 fully saturated rings. The fourth-order valence-electron chi connectivity index (χ4n) is 1.40. The van der Waals surface area contributed by atoms with E-state index in [1.807, 2.05) is 27.9 Å². The van der Waals surface area contributed by atoms with Crippen LogP contribution in [0.4, 0.5) is 0 Å². The number of phenols is 1. The predicted octanol–water partition coefficient (Wildman–Crippen LogP) is 1.75. The monoisotopic (exact) mass is 207 g/mol. The number of ketones is 1. The molecule has 15 heavy (non-hydrogen) atoms. The topological polar surface area (TPSA) is 40.5 Å². The van der Waals surface area contributed by atoms with Gasteiger partial charge in [-0.3, -0.25) is 4.79 Å². The highest BCUT2D eigenvalue weighted by atomic mass is 16.3. The van der Waals surface area contributed by atoms with E-state index in [0.717, 1.165) is 11.1 Å². The van der Waals surface area contributed by atoms with Gasteiger partial charge >= 0.3 is 0 Å². The lowest BCUT2D eigenvalue weighted by Crippen LogP contribution is -2.21. The number of nitrogens with zero attached hydrogens (tertiary/aromatic N) is 1. The van der Waals surface area contributed by atoms with Crippen molar-refractivity contribution in [2.45, 2.75) is 13.8 Å². The van der Waals surface area contributed by atoms with Crippen molar-refractivity contribution in [2.75, 3.05) is 20.6 Å². The third-order valence-corrected chi connectivity index (χ3v) is 2.37. The molecule has 1 rings (SSSR count). The number of rotatable bonds is 3. The average Bonchev–Trinajstić information content (AvgIpc) is 2.09. The molecular weight excluding hydrogens is 190 g/mol. The Hall–Kier alpha value is -1.35. The summed E-state index contributed by atoms with van der Waals surface area (Å²) in [5.74, 6) is 0.0190. The molecule has 0 aliphatic rings. The Morgan fingerprint density at radius 1 is 1.27 bits per heavy atom. The molecule has 0 bridgehead atoms. The summed E-state index contributed by atoms with van der Waals surface area (Å²) >= 11 is 0. The van der Waals surface area contributed by atoms with Crippen LogP contribution in [0, 0.1) is 13.8 Å². The summed E-state index contributed by atoms with van der Waals surface area (Å²) in [5.41, 5.74) is 2.43. The third-order valence-electron chi connectivity index (χ3n) is 2.37. The van der Waals surface area contributed by atoms with Gasteiger partial charge < -0.3 is 10.0 Å². The van der Waals surface area contributed by atoms with Crippen molar-refractivity contribution >= 4 is 5.78 Å². The summed E-state index contributed by atoms with van der Waals surface area (Å²) in [4.78, 5) is 13.5. The maximum atomic E-state index is 11.7. The number of carbonyl (C=O) groups excluding carboxylic acids is 1. The Bertz CT molecular complexity index is 383. The van der Waals surface area contributed by atoms with Crippen LogP contribution >= 0.6 is 0 Å². The van der Waals surface area contributed by atoms with Gasteiger partial charge in [-0.25, -0.2) is 0 Å². The van der Waals surface area contributed by atoms with Crippen molar-refractivity contribution in [2.24, 2.45) is 0 Å². The highest BCUT2D eigenvalue weighted by Gasteiger charge is 2.13. The van der Waals surface area contributed by atoms with Gasteiger partial charge in [0.05, 0.1) is 12.1 Å². The zero-order valence-electron chi connectivity index (χ0n) is 9.66. The number of Topliss-reactive ketones (excluding diaryl/α,β-unsaturated/α-hetero) is 1. The van der Waals surface area contributed by atoms with Crippen LogP contribution in [0.3, 0.4) is 0 Å². The lowest BCUT2D eigenvalue weighted by molar-refractivity contribution is 0.0955. The first-order valence-corrected chi connectivity index (χ1v) is 4.90. The number of hydrogen-bond acceptors (Lipinski definition) is 3. The van der Waals surface area contributed by atoms with Gasteiger partial charge in [-0.05, 0) is 51.2 Å². The van der Waals surface area contributed by atoms with Crippen LogP contribution in [-0.4, -0.2) is 36.4 Å². The SMILES string of the molecule is Cc1cc(O)c(C(=O)CN(C)C)cc1C. The molecule has 0 heterocycles. The number of phenolic OH excluding ortho intramolecular Hbond substituents is 1. The number of likely N-dealkylation sites (N-methyl/N-ethyl adjacent to an activating group) is 1. The second-order valence-corrected chi connectivity index (χ2v) is 4.11. The van der Waals surface area contributed by atoms with Crippen molar-refractivity contribution in [1.82, 2.24) is 4.90 Å². The Labute approximate surface area is 90.3 Å². The van der Waals surface area contributed by atoms with Crippen LogP contribution in [0.2, 0.25) is 0 Å². The van der Waals surface area contributed by atoms with Crippen molar-refractivity contribution < 1.29 is 9.90 Å². The number of aromatic hydroxyl groups is 1. The Kier molecular flexibility index (Phi) is 3.48. The predicted molar refractivity (Wildman–Crippen MR) is 60.5 cm³/mol. The minimum absolute atomic E-state index is 0.0550. The molecule has 0 aliphatic heterocycles. The summed E-state index contributed by atoms with van der Waals surface area (Å²) in [6.07, 6.45) is 0. The molecule has 3 heteroatoms.